The van der Waals surface area contributed by atoms with Crippen molar-refractivity contribution in [3.63, 3.8) is 0 Å². The van der Waals surface area contributed by atoms with Gasteiger partial charge in [0.25, 0.3) is 0 Å². The number of nitrogens with one attached hydrogen (secondary N) is 1. The molecule has 0 saturated heterocycles. The van der Waals surface area contributed by atoms with Crippen molar-refractivity contribution in [2.75, 3.05) is 19.4 Å². The Morgan fingerprint density at radius 3 is 2.69 bits per heavy atom. The Morgan fingerprint density at radius 2 is 1.90 bits per heavy atom. The molecule has 42 heavy (non-hydrogen) atoms. The number of aromatic nitrogens is 4. The molecule has 11 heteroatoms. The van der Waals surface area contributed by atoms with Gasteiger partial charge in [-0.05, 0) is 80.3 Å². The highest BCUT2D eigenvalue weighted by Gasteiger charge is 2.18. The average molecular weight is 585 g/mol. The van der Waals surface area contributed by atoms with Crippen LogP contribution in [0.2, 0.25) is 0 Å². The highest BCUT2D eigenvalue weighted by Crippen LogP contribution is 2.32. The van der Waals surface area contributed by atoms with Gasteiger partial charge >= 0.3 is 0 Å². The van der Waals surface area contributed by atoms with Crippen LogP contribution in [0.15, 0.2) is 89.7 Å². The van der Waals surface area contributed by atoms with Gasteiger partial charge in [-0.3, -0.25) is 9.58 Å². The first kappa shape index (κ1) is 28.7. The Morgan fingerprint density at radius 1 is 1.05 bits per heavy atom. The van der Waals surface area contributed by atoms with Crippen molar-refractivity contribution in [3.05, 3.63) is 102 Å². The fourth-order valence-electron chi connectivity index (χ4n) is 4.76. The predicted molar refractivity (Wildman–Crippen MR) is 164 cm³/mol. The van der Waals surface area contributed by atoms with E-state index in [0.29, 0.717) is 23.9 Å². The molecule has 1 atom stereocenters. The summed E-state index contributed by atoms with van der Waals surface area (Å²) < 4.78 is 44.1. The van der Waals surface area contributed by atoms with Gasteiger partial charge in [0, 0.05) is 22.0 Å². The highest BCUT2D eigenvalue weighted by molar-refractivity contribution is 7.71. The SMILES string of the molecule is C.CN(C)C(C=S(=O)=O)c1ccc(-c2ccc3ncnc(Nc4ccc5c(cnn5Cc5cccc(F)c5)c4)c3c2)o1. The van der Waals surface area contributed by atoms with E-state index in [0.717, 1.165) is 38.6 Å². The summed E-state index contributed by atoms with van der Waals surface area (Å²) >= 11 is 0. The summed E-state index contributed by atoms with van der Waals surface area (Å²) in [6.45, 7) is 0.462. The molecule has 3 aromatic carbocycles. The van der Waals surface area contributed by atoms with Gasteiger partial charge in [0.15, 0.2) is 0 Å². The lowest BCUT2D eigenvalue weighted by Gasteiger charge is -2.16. The maximum atomic E-state index is 13.6. The predicted octanol–water partition coefficient (Wildman–Crippen LogP) is 6.09. The fourth-order valence-corrected chi connectivity index (χ4v) is 5.35. The van der Waals surface area contributed by atoms with E-state index in [1.165, 1.54) is 23.8 Å². The van der Waals surface area contributed by atoms with E-state index < -0.39 is 16.3 Å². The quantitative estimate of drug-likeness (QED) is 0.214. The zero-order chi connectivity index (χ0) is 28.5. The molecule has 0 spiro atoms. The molecule has 0 amide bonds. The van der Waals surface area contributed by atoms with Crippen molar-refractivity contribution in [2.45, 2.75) is 20.0 Å². The number of hydrogen-bond donors (Lipinski definition) is 1. The molecule has 214 valence electrons. The molecule has 6 rings (SSSR count). The van der Waals surface area contributed by atoms with E-state index >= 15 is 0 Å². The zero-order valence-corrected chi connectivity index (χ0v) is 23.0. The van der Waals surface area contributed by atoms with Crippen LogP contribution >= 0.6 is 0 Å². The van der Waals surface area contributed by atoms with Crippen molar-refractivity contribution < 1.29 is 17.2 Å². The third kappa shape index (κ3) is 5.92. The number of rotatable bonds is 8. The molecule has 0 aliphatic heterocycles. The summed E-state index contributed by atoms with van der Waals surface area (Å²) in [4.78, 5) is 10.7. The van der Waals surface area contributed by atoms with Crippen LogP contribution in [0.1, 0.15) is 24.8 Å². The minimum atomic E-state index is -2.33. The van der Waals surface area contributed by atoms with Crippen molar-refractivity contribution in [2.24, 2.45) is 0 Å². The van der Waals surface area contributed by atoms with Crippen LogP contribution in [0.5, 0.6) is 0 Å². The number of hydrogen-bond acceptors (Lipinski definition) is 8. The number of halogens is 1. The molecular formula is C31H29FN6O3S. The van der Waals surface area contributed by atoms with Crippen LogP contribution in [-0.2, 0) is 16.8 Å². The van der Waals surface area contributed by atoms with Gasteiger partial charge in [-0.15, -0.1) is 0 Å². The Kier molecular flexibility index (Phi) is 8.14. The van der Waals surface area contributed by atoms with Gasteiger partial charge in [-0.25, -0.2) is 14.4 Å². The van der Waals surface area contributed by atoms with E-state index in [2.05, 4.69) is 20.4 Å². The fraction of sp³-hybridized carbons (Fsp3) is 0.161. The molecule has 0 aliphatic rings. The molecule has 0 saturated carbocycles. The minimum Gasteiger partial charge on any atom is -0.459 e. The van der Waals surface area contributed by atoms with Crippen LogP contribution in [0.25, 0.3) is 33.1 Å². The molecule has 3 heterocycles. The number of benzene rings is 3. The standard InChI is InChI=1S/C30H25FN6O3S.CH4/c1-36(2)27(17-41(38)39)29-11-10-28(40-29)20-6-8-25-24(14-20)30(33-18-32-25)35-23-7-9-26-21(13-23)15-34-37(26)16-19-4-3-5-22(31)12-19;/h3-15,17-18,27H,16H2,1-2H3,(H,32,33,35);1H4. The molecule has 3 aromatic heterocycles. The van der Waals surface area contributed by atoms with Gasteiger partial charge in [-0.1, -0.05) is 19.6 Å². The minimum absolute atomic E-state index is 0. The number of nitrogens with zero attached hydrogens (tertiary/aromatic N) is 5. The first-order chi connectivity index (χ1) is 19.8. The molecule has 0 bridgehead atoms. The Bertz CT molecular complexity index is 2030. The molecule has 1 N–H and O–H groups in total. The smallest absolute Gasteiger partial charge is 0.212 e. The van der Waals surface area contributed by atoms with Gasteiger partial charge in [0.05, 0.1) is 29.1 Å². The average Bonchev–Trinajstić information content (AvgIpc) is 3.59. The number of fused-ring (bicyclic) bond motifs is 2. The van der Waals surface area contributed by atoms with Crippen molar-refractivity contribution in [1.82, 2.24) is 24.6 Å². The van der Waals surface area contributed by atoms with Crippen LogP contribution in [0.3, 0.4) is 0 Å². The summed E-state index contributed by atoms with van der Waals surface area (Å²) in [6.07, 6.45) is 3.29. The van der Waals surface area contributed by atoms with E-state index in [4.69, 9.17) is 4.42 Å². The number of furan rings is 1. The van der Waals surface area contributed by atoms with Crippen LogP contribution in [0.4, 0.5) is 15.9 Å². The molecule has 0 aliphatic carbocycles. The molecule has 0 radical (unpaired) electrons. The Hall–Kier alpha value is -4.87. The topological polar surface area (TPSA) is 106 Å². The first-order valence-corrected chi connectivity index (χ1v) is 13.9. The Labute approximate surface area is 243 Å². The lowest BCUT2D eigenvalue weighted by molar-refractivity contribution is 0.330. The van der Waals surface area contributed by atoms with Crippen molar-refractivity contribution >= 4 is 49.0 Å². The van der Waals surface area contributed by atoms with Gasteiger partial charge in [0.2, 0.25) is 10.3 Å². The van der Waals surface area contributed by atoms with Gasteiger partial charge < -0.3 is 9.73 Å². The lowest BCUT2D eigenvalue weighted by atomic mass is 10.1. The summed E-state index contributed by atoms with van der Waals surface area (Å²) in [5.74, 6) is 1.46. The number of anilines is 2. The first-order valence-electron chi connectivity index (χ1n) is 12.8. The van der Waals surface area contributed by atoms with Gasteiger partial charge in [-0.2, -0.15) is 13.5 Å². The summed E-state index contributed by atoms with van der Waals surface area (Å²) in [6, 6.07) is 21.2. The van der Waals surface area contributed by atoms with E-state index in [1.54, 1.807) is 37.3 Å². The molecule has 9 nitrogen and oxygen atoms in total. The monoisotopic (exact) mass is 584 g/mol. The summed E-state index contributed by atoms with van der Waals surface area (Å²) in [5, 5.41) is 10.8. The largest absolute Gasteiger partial charge is 0.459 e. The van der Waals surface area contributed by atoms with Crippen molar-refractivity contribution in [1.29, 1.82) is 0 Å². The van der Waals surface area contributed by atoms with E-state index in [1.807, 2.05) is 53.2 Å². The third-order valence-electron chi connectivity index (χ3n) is 6.76. The van der Waals surface area contributed by atoms with Crippen LogP contribution < -0.4 is 5.32 Å². The second-order valence-electron chi connectivity index (χ2n) is 9.79. The van der Waals surface area contributed by atoms with E-state index in [-0.39, 0.29) is 13.2 Å². The second-order valence-corrected chi connectivity index (χ2v) is 10.6. The summed E-state index contributed by atoms with van der Waals surface area (Å²) in [7, 11) is 1.24. The van der Waals surface area contributed by atoms with Crippen LogP contribution in [-0.4, -0.2) is 52.5 Å². The third-order valence-corrected chi connectivity index (χ3v) is 7.24. The summed E-state index contributed by atoms with van der Waals surface area (Å²) in [5.41, 5.74) is 4.14. The highest BCUT2D eigenvalue weighted by atomic mass is 32.2. The van der Waals surface area contributed by atoms with Crippen LogP contribution in [0, 0.1) is 5.82 Å². The van der Waals surface area contributed by atoms with Crippen molar-refractivity contribution in [3.8, 4) is 11.3 Å². The molecule has 1 unspecified atom stereocenters. The molecule has 0 fully saturated rings. The van der Waals surface area contributed by atoms with E-state index in [9.17, 15) is 12.8 Å². The molecule has 6 aromatic rings. The normalized spacial score (nSPS) is 11.9. The second kappa shape index (κ2) is 11.9. The zero-order valence-electron chi connectivity index (χ0n) is 22.2. The lowest BCUT2D eigenvalue weighted by Crippen LogP contribution is -2.20. The Balaban J connectivity index is 0.00000353. The van der Waals surface area contributed by atoms with Gasteiger partial charge in [0.1, 0.15) is 35.5 Å². The maximum absolute atomic E-state index is 13.6. The maximum Gasteiger partial charge on any atom is 0.212 e. The molecular weight excluding hydrogens is 555 g/mol.